The van der Waals surface area contributed by atoms with Crippen molar-refractivity contribution in [1.82, 2.24) is 0 Å². The number of esters is 2. The molecule has 0 aliphatic heterocycles. The summed E-state index contributed by atoms with van der Waals surface area (Å²) >= 11 is 0. The number of hydrogen-bond donors (Lipinski definition) is 1. The number of rotatable bonds is 37. The lowest BCUT2D eigenvalue weighted by Crippen LogP contribution is -2.19. The maximum atomic E-state index is 13.0. The van der Waals surface area contributed by atoms with E-state index in [4.69, 9.17) is 9.47 Å². The number of carbonyl (C=O) groups is 2. The molecule has 7 nitrogen and oxygen atoms in total. The van der Waals surface area contributed by atoms with E-state index in [1.807, 2.05) is 0 Å². The fraction of sp³-hybridized carbons (Fsp3) is 0.739. The molecule has 8 heteroatoms. The highest BCUT2D eigenvalue weighted by Gasteiger charge is 2.28. The minimum absolute atomic E-state index is 0.109. The molecular formula is C46H78O7S. The van der Waals surface area contributed by atoms with Gasteiger partial charge in [0.2, 0.25) is 0 Å². The third-order valence-electron chi connectivity index (χ3n) is 10.0. The summed E-state index contributed by atoms with van der Waals surface area (Å²) < 4.78 is 44.8. The van der Waals surface area contributed by atoms with Crippen LogP contribution in [0.4, 0.5) is 0 Å². The van der Waals surface area contributed by atoms with Crippen molar-refractivity contribution < 1.29 is 32.0 Å². The van der Waals surface area contributed by atoms with Crippen LogP contribution in [0.3, 0.4) is 0 Å². The van der Waals surface area contributed by atoms with Gasteiger partial charge in [-0.05, 0) is 63.5 Å². The molecule has 0 aromatic heterocycles. The van der Waals surface area contributed by atoms with Crippen molar-refractivity contribution in [3.63, 3.8) is 0 Å². The summed E-state index contributed by atoms with van der Waals surface area (Å²) in [5, 5.41) is 0. The molecule has 1 N–H and O–H groups in total. The summed E-state index contributed by atoms with van der Waals surface area (Å²) in [7, 11) is -4.76. The van der Waals surface area contributed by atoms with Gasteiger partial charge in [0.05, 0.1) is 24.3 Å². The summed E-state index contributed by atoms with van der Waals surface area (Å²) in [6, 6.07) is 3.76. The Morgan fingerprint density at radius 1 is 0.500 bits per heavy atom. The van der Waals surface area contributed by atoms with Crippen molar-refractivity contribution in [3.8, 4) is 0 Å². The van der Waals surface area contributed by atoms with E-state index >= 15 is 0 Å². The van der Waals surface area contributed by atoms with Gasteiger partial charge < -0.3 is 9.47 Å². The highest BCUT2D eigenvalue weighted by Crippen LogP contribution is 2.23. The van der Waals surface area contributed by atoms with Crippen LogP contribution in [0, 0.1) is 0 Å². The van der Waals surface area contributed by atoms with E-state index in [0.717, 1.165) is 44.6 Å². The summed E-state index contributed by atoms with van der Waals surface area (Å²) in [5.74, 6) is -1.74. The minimum atomic E-state index is -4.76. The van der Waals surface area contributed by atoms with Crippen molar-refractivity contribution in [2.75, 3.05) is 13.2 Å². The SMILES string of the molecule is CCCC/C=C/CCCCCCCCCCCCCOC(=O)c1cccc(S(=O)(=O)O)c1C(=O)OCCCCCCCCCCCCC/C=C/CCCC. The third kappa shape index (κ3) is 27.2. The Kier molecular flexibility index (Phi) is 32.1. The maximum absolute atomic E-state index is 13.0. The molecule has 0 fully saturated rings. The van der Waals surface area contributed by atoms with Crippen LogP contribution in [-0.4, -0.2) is 38.1 Å². The van der Waals surface area contributed by atoms with Crippen molar-refractivity contribution in [1.29, 1.82) is 0 Å². The van der Waals surface area contributed by atoms with Gasteiger partial charge in [-0.3, -0.25) is 4.55 Å². The first-order valence-corrected chi connectivity index (χ1v) is 23.5. The predicted octanol–water partition coefficient (Wildman–Crippen LogP) is 14.1. The van der Waals surface area contributed by atoms with E-state index in [1.54, 1.807) is 0 Å². The van der Waals surface area contributed by atoms with Crippen molar-refractivity contribution in [2.45, 2.75) is 211 Å². The Hall–Kier alpha value is -2.45. The minimum Gasteiger partial charge on any atom is -0.462 e. The van der Waals surface area contributed by atoms with Crippen LogP contribution in [0.25, 0.3) is 0 Å². The molecule has 310 valence electrons. The molecule has 0 unspecified atom stereocenters. The Morgan fingerprint density at radius 2 is 0.833 bits per heavy atom. The molecule has 0 spiro atoms. The Morgan fingerprint density at radius 3 is 1.20 bits per heavy atom. The average molecular weight is 775 g/mol. The van der Waals surface area contributed by atoms with Crippen molar-refractivity contribution >= 4 is 22.1 Å². The molecule has 0 heterocycles. The Balaban J connectivity index is 2.23. The molecule has 54 heavy (non-hydrogen) atoms. The van der Waals surface area contributed by atoms with Crippen LogP contribution in [-0.2, 0) is 19.6 Å². The fourth-order valence-electron chi connectivity index (χ4n) is 6.63. The van der Waals surface area contributed by atoms with E-state index in [9.17, 15) is 22.6 Å². The summed E-state index contributed by atoms with van der Waals surface area (Å²) in [6.07, 6.45) is 44.8. The molecule has 0 saturated carbocycles. The third-order valence-corrected chi connectivity index (χ3v) is 10.9. The summed E-state index contributed by atoms with van der Waals surface area (Å²) in [5.41, 5.74) is -0.675. The van der Waals surface area contributed by atoms with Crippen LogP contribution in [0.15, 0.2) is 47.4 Å². The lowest BCUT2D eigenvalue weighted by molar-refractivity contribution is 0.0446. The maximum Gasteiger partial charge on any atom is 0.340 e. The summed E-state index contributed by atoms with van der Waals surface area (Å²) in [6.45, 7) is 4.74. The molecule has 1 rings (SSSR count). The van der Waals surface area contributed by atoms with Gasteiger partial charge in [-0.25, -0.2) is 9.59 Å². The quantitative estimate of drug-likeness (QED) is 0.0310. The summed E-state index contributed by atoms with van der Waals surface area (Å²) in [4.78, 5) is 25.3. The largest absolute Gasteiger partial charge is 0.462 e. The highest BCUT2D eigenvalue weighted by molar-refractivity contribution is 7.86. The normalized spacial score (nSPS) is 11.9. The molecular weight excluding hydrogens is 697 g/mol. The van der Waals surface area contributed by atoms with Crippen molar-refractivity contribution in [2.24, 2.45) is 0 Å². The predicted molar refractivity (Wildman–Crippen MR) is 225 cm³/mol. The fourth-order valence-corrected chi connectivity index (χ4v) is 7.33. The first kappa shape index (κ1) is 49.6. The number of carbonyl (C=O) groups excluding carboxylic acids is 2. The van der Waals surface area contributed by atoms with E-state index in [0.29, 0.717) is 12.8 Å². The standard InChI is InChI=1S/C46H78O7S/c1-3-5-7-9-11-13-15-17-19-21-23-25-27-29-31-33-35-40-52-45(47)42-38-37-39-43(54(49,50)51)44(42)46(48)53-41-36-34-32-30-28-26-24-22-20-18-16-14-12-10-8-6-4-2/h9-12,37-39H,3-8,13-36,40-41H2,1-2H3,(H,49,50,51)/b11-9+,12-10+. The molecule has 0 bridgehead atoms. The number of allylic oxidation sites excluding steroid dienone is 4. The van der Waals surface area contributed by atoms with Gasteiger partial charge in [0.25, 0.3) is 10.1 Å². The second-order valence-corrected chi connectivity index (χ2v) is 16.4. The first-order chi connectivity index (χ1) is 26.3. The molecule has 1 aromatic carbocycles. The number of hydrogen-bond acceptors (Lipinski definition) is 6. The number of unbranched alkanes of at least 4 members (excludes halogenated alkanes) is 26. The van der Waals surface area contributed by atoms with Crippen LogP contribution in [0.2, 0.25) is 0 Å². The smallest absolute Gasteiger partial charge is 0.340 e. The topological polar surface area (TPSA) is 107 Å². The zero-order valence-electron chi connectivity index (χ0n) is 34.5. The van der Waals surface area contributed by atoms with E-state index < -0.39 is 32.5 Å². The van der Waals surface area contributed by atoms with Gasteiger partial charge in [-0.15, -0.1) is 0 Å². The molecule has 0 aliphatic rings. The molecule has 1 aromatic rings. The zero-order chi connectivity index (χ0) is 39.4. The van der Waals surface area contributed by atoms with Crippen molar-refractivity contribution in [3.05, 3.63) is 53.6 Å². The van der Waals surface area contributed by atoms with Crippen LogP contribution >= 0.6 is 0 Å². The van der Waals surface area contributed by atoms with Gasteiger partial charge in [0, 0.05) is 0 Å². The molecule has 0 radical (unpaired) electrons. The van der Waals surface area contributed by atoms with Crippen LogP contribution < -0.4 is 0 Å². The molecule has 0 aliphatic carbocycles. The van der Waals surface area contributed by atoms with Crippen LogP contribution in [0.5, 0.6) is 0 Å². The number of benzene rings is 1. The lowest BCUT2D eigenvalue weighted by Gasteiger charge is -2.13. The van der Waals surface area contributed by atoms with E-state index in [2.05, 4.69) is 38.2 Å². The second kappa shape index (κ2) is 35.0. The average Bonchev–Trinajstić information content (AvgIpc) is 3.16. The highest BCUT2D eigenvalue weighted by atomic mass is 32.2. The Labute approximate surface area is 331 Å². The molecule has 0 amide bonds. The lowest BCUT2D eigenvalue weighted by atomic mass is 10.0. The zero-order valence-corrected chi connectivity index (χ0v) is 35.3. The van der Waals surface area contributed by atoms with Gasteiger partial charge in [-0.2, -0.15) is 8.42 Å². The van der Waals surface area contributed by atoms with E-state index in [-0.39, 0.29) is 18.8 Å². The second-order valence-electron chi connectivity index (χ2n) is 15.0. The molecule has 0 saturated heterocycles. The number of ether oxygens (including phenoxy) is 2. The molecule has 0 atom stereocenters. The van der Waals surface area contributed by atoms with Gasteiger partial charge in [-0.1, -0.05) is 185 Å². The van der Waals surface area contributed by atoms with Gasteiger partial charge >= 0.3 is 11.9 Å². The van der Waals surface area contributed by atoms with Gasteiger partial charge in [0.1, 0.15) is 4.90 Å². The first-order valence-electron chi connectivity index (χ1n) is 22.1. The van der Waals surface area contributed by atoms with E-state index in [1.165, 1.54) is 153 Å². The monoisotopic (exact) mass is 775 g/mol. The Bertz CT molecular complexity index is 1240. The van der Waals surface area contributed by atoms with Gasteiger partial charge in [0.15, 0.2) is 0 Å². The van der Waals surface area contributed by atoms with Crippen LogP contribution in [0.1, 0.15) is 227 Å².